The van der Waals surface area contributed by atoms with Gasteiger partial charge in [-0.2, -0.15) is 0 Å². The summed E-state index contributed by atoms with van der Waals surface area (Å²) in [5.74, 6) is 0. The van der Waals surface area contributed by atoms with E-state index in [4.69, 9.17) is 5.73 Å². The van der Waals surface area contributed by atoms with Crippen molar-refractivity contribution in [2.24, 2.45) is 5.73 Å². The van der Waals surface area contributed by atoms with Crippen molar-refractivity contribution in [2.45, 2.75) is 32.7 Å². The second-order valence-corrected chi connectivity index (χ2v) is 5.18. The maximum Gasteiger partial charge on any atom is 0.00871 e. The molecule has 2 N–H and O–H groups in total. The zero-order valence-corrected chi connectivity index (χ0v) is 10.8. The fourth-order valence-corrected chi connectivity index (χ4v) is 2.52. The van der Waals surface area contributed by atoms with Gasteiger partial charge >= 0.3 is 0 Å². The van der Waals surface area contributed by atoms with Crippen LogP contribution in [0, 0.1) is 6.92 Å². The predicted molar refractivity (Wildman–Crippen MR) is 68.5 cm³/mol. The number of nitrogens with zero attached hydrogens (tertiary/aromatic N) is 1. The number of rotatable bonds is 6. The maximum atomic E-state index is 5.56. The first-order valence-electron chi connectivity index (χ1n) is 5.58. The molecule has 0 amide bonds. The molecule has 0 saturated heterocycles. The lowest BCUT2D eigenvalue weighted by Gasteiger charge is -2.24. The van der Waals surface area contributed by atoms with Gasteiger partial charge < -0.3 is 10.6 Å². The molecule has 0 radical (unpaired) electrons. The maximum absolute atomic E-state index is 5.56. The van der Waals surface area contributed by atoms with Gasteiger partial charge in [0.1, 0.15) is 0 Å². The Morgan fingerprint density at radius 3 is 2.80 bits per heavy atom. The highest BCUT2D eigenvalue weighted by Gasteiger charge is 2.08. The van der Waals surface area contributed by atoms with E-state index in [0.717, 1.165) is 25.9 Å². The van der Waals surface area contributed by atoms with Gasteiger partial charge in [0.15, 0.2) is 0 Å². The van der Waals surface area contributed by atoms with E-state index in [-0.39, 0.29) is 0 Å². The van der Waals surface area contributed by atoms with Crippen LogP contribution in [0.1, 0.15) is 23.8 Å². The second kappa shape index (κ2) is 6.26. The number of hydrogen-bond acceptors (Lipinski definition) is 3. The van der Waals surface area contributed by atoms with E-state index in [1.165, 1.54) is 10.4 Å². The molecule has 0 saturated carbocycles. The van der Waals surface area contributed by atoms with Crippen molar-refractivity contribution >= 4 is 11.3 Å². The number of likely N-dealkylation sites (N-methyl/N-ethyl adjacent to an activating group) is 1. The lowest BCUT2D eigenvalue weighted by molar-refractivity contribution is 0.252. The van der Waals surface area contributed by atoms with Crippen LogP contribution in [0.3, 0.4) is 0 Å². The molecule has 1 unspecified atom stereocenters. The Morgan fingerprint density at radius 1 is 1.53 bits per heavy atom. The quantitative estimate of drug-likeness (QED) is 0.806. The van der Waals surface area contributed by atoms with Crippen LogP contribution in [0.25, 0.3) is 0 Å². The Balaban J connectivity index is 2.34. The number of thiophene rings is 1. The Morgan fingerprint density at radius 2 is 2.27 bits per heavy atom. The molecule has 0 aliphatic rings. The average Bonchev–Trinajstić information content (AvgIpc) is 2.61. The lowest BCUT2D eigenvalue weighted by Crippen LogP contribution is -2.32. The van der Waals surface area contributed by atoms with E-state index in [2.05, 4.69) is 37.2 Å². The largest absolute Gasteiger partial charge is 0.330 e. The van der Waals surface area contributed by atoms with E-state index in [9.17, 15) is 0 Å². The first kappa shape index (κ1) is 12.7. The van der Waals surface area contributed by atoms with E-state index < -0.39 is 0 Å². The van der Waals surface area contributed by atoms with Crippen LogP contribution in [0.5, 0.6) is 0 Å². The van der Waals surface area contributed by atoms with Crippen LogP contribution < -0.4 is 5.73 Å². The van der Waals surface area contributed by atoms with Crippen molar-refractivity contribution in [3.8, 4) is 0 Å². The lowest BCUT2D eigenvalue weighted by atomic mass is 10.2. The average molecular weight is 226 g/mol. The second-order valence-electron chi connectivity index (χ2n) is 4.18. The third kappa shape index (κ3) is 3.93. The number of hydrogen-bond donors (Lipinski definition) is 1. The van der Waals surface area contributed by atoms with Crippen LogP contribution in [0.15, 0.2) is 11.4 Å². The van der Waals surface area contributed by atoms with Crippen molar-refractivity contribution in [1.82, 2.24) is 4.90 Å². The van der Waals surface area contributed by atoms with E-state index in [0.29, 0.717) is 6.04 Å². The highest BCUT2D eigenvalue weighted by Crippen LogP contribution is 2.16. The summed E-state index contributed by atoms with van der Waals surface area (Å²) in [6.07, 6.45) is 2.24. The first-order chi connectivity index (χ1) is 7.15. The molecule has 3 heteroatoms. The van der Waals surface area contributed by atoms with Gasteiger partial charge in [0, 0.05) is 17.5 Å². The normalized spacial score (nSPS) is 13.4. The molecular weight excluding hydrogens is 204 g/mol. The molecule has 1 aromatic heterocycles. The van der Waals surface area contributed by atoms with Gasteiger partial charge in [-0.1, -0.05) is 0 Å². The first-order valence-corrected chi connectivity index (χ1v) is 6.46. The van der Waals surface area contributed by atoms with Gasteiger partial charge in [-0.05, 0) is 57.3 Å². The molecule has 0 spiro atoms. The van der Waals surface area contributed by atoms with Crippen molar-refractivity contribution < 1.29 is 0 Å². The molecule has 15 heavy (non-hydrogen) atoms. The standard InChI is InChI=1S/C12H22N2S/c1-10-6-9-15-12(10)5-8-14(3)11(2)4-7-13/h6,9,11H,4-5,7-8,13H2,1-3H3. The Hall–Kier alpha value is -0.380. The molecule has 2 nitrogen and oxygen atoms in total. The topological polar surface area (TPSA) is 29.3 Å². The predicted octanol–water partition coefficient (Wildman–Crippen LogP) is 2.27. The summed E-state index contributed by atoms with van der Waals surface area (Å²) >= 11 is 1.87. The van der Waals surface area contributed by atoms with Crippen molar-refractivity contribution in [3.05, 3.63) is 21.9 Å². The zero-order valence-electron chi connectivity index (χ0n) is 9.99. The molecule has 1 rings (SSSR count). The molecule has 1 heterocycles. The smallest absolute Gasteiger partial charge is 0.00871 e. The third-order valence-corrected chi connectivity index (χ3v) is 4.08. The summed E-state index contributed by atoms with van der Waals surface area (Å²) in [4.78, 5) is 3.91. The van der Waals surface area contributed by atoms with Crippen LogP contribution in [-0.4, -0.2) is 31.1 Å². The molecule has 0 bridgehead atoms. The van der Waals surface area contributed by atoms with Crippen molar-refractivity contribution in [2.75, 3.05) is 20.1 Å². The zero-order chi connectivity index (χ0) is 11.3. The molecule has 1 aromatic rings. The van der Waals surface area contributed by atoms with E-state index in [1.54, 1.807) is 0 Å². The van der Waals surface area contributed by atoms with Crippen molar-refractivity contribution in [1.29, 1.82) is 0 Å². The van der Waals surface area contributed by atoms with Crippen LogP contribution in [-0.2, 0) is 6.42 Å². The number of nitrogens with two attached hydrogens (primary N) is 1. The van der Waals surface area contributed by atoms with Crippen LogP contribution >= 0.6 is 11.3 Å². The SMILES string of the molecule is Cc1ccsc1CCN(C)C(C)CCN. The molecule has 0 aromatic carbocycles. The summed E-state index contributed by atoms with van der Waals surface area (Å²) in [6, 6.07) is 2.79. The van der Waals surface area contributed by atoms with Gasteiger partial charge in [-0.15, -0.1) is 11.3 Å². The van der Waals surface area contributed by atoms with E-state index in [1.807, 2.05) is 11.3 Å². The molecule has 0 fully saturated rings. The summed E-state index contributed by atoms with van der Waals surface area (Å²) in [5.41, 5.74) is 6.99. The minimum atomic E-state index is 0.593. The Kier molecular flexibility index (Phi) is 5.29. The van der Waals surface area contributed by atoms with Crippen molar-refractivity contribution in [3.63, 3.8) is 0 Å². The minimum Gasteiger partial charge on any atom is -0.330 e. The summed E-state index contributed by atoms with van der Waals surface area (Å²) < 4.78 is 0. The summed E-state index contributed by atoms with van der Waals surface area (Å²) in [6.45, 7) is 6.34. The third-order valence-electron chi connectivity index (χ3n) is 3.00. The summed E-state index contributed by atoms with van der Waals surface area (Å²) in [7, 11) is 2.18. The van der Waals surface area contributed by atoms with Gasteiger partial charge in [0.25, 0.3) is 0 Å². The highest BCUT2D eigenvalue weighted by molar-refractivity contribution is 7.10. The Labute approximate surface area is 97.1 Å². The molecule has 0 aliphatic heterocycles. The number of aryl methyl sites for hydroxylation is 1. The fourth-order valence-electron chi connectivity index (χ4n) is 1.62. The summed E-state index contributed by atoms with van der Waals surface area (Å²) in [5, 5.41) is 2.17. The van der Waals surface area contributed by atoms with Crippen LogP contribution in [0.2, 0.25) is 0 Å². The van der Waals surface area contributed by atoms with Gasteiger partial charge in [-0.3, -0.25) is 0 Å². The van der Waals surface area contributed by atoms with E-state index >= 15 is 0 Å². The fraction of sp³-hybridized carbons (Fsp3) is 0.667. The molecular formula is C12H22N2S. The monoisotopic (exact) mass is 226 g/mol. The highest BCUT2D eigenvalue weighted by atomic mass is 32.1. The van der Waals surface area contributed by atoms with Crippen LogP contribution in [0.4, 0.5) is 0 Å². The van der Waals surface area contributed by atoms with Gasteiger partial charge in [0.05, 0.1) is 0 Å². The molecule has 1 atom stereocenters. The van der Waals surface area contributed by atoms with Gasteiger partial charge in [0.2, 0.25) is 0 Å². The Bertz CT molecular complexity index is 283. The minimum absolute atomic E-state index is 0.593. The molecule has 0 aliphatic carbocycles. The molecule has 86 valence electrons. The van der Waals surface area contributed by atoms with Gasteiger partial charge in [-0.25, -0.2) is 0 Å².